The average molecular weight is 688 g/mol. The van der Waals surface area contributed by atoms with Gasteiger partial charge in [0.2, 0.25) is 11.8 Å². The van der Waals surface area contributed by atoms with E-state index in [0.717, 1.165) is 15.4 Å². The van der Waals surface area contributed by atoms with E-state index in [1.165, 1.54) is 37.3 Å². The zero-order chi connectivity index (χ0) is 35.8. The molecule has 0 bridgehead atoms. The second kappa shape index (κ2) is 15.9. The predicted molar refractivity (Wildman–Crippen MR) is 191 cm³/mol. The van der Waals surface area contributed by atoms with Crippen molar-refractivity contribution in [1.29, 1.82) is 0 Å². The zero-order valence-electron chi connectivity index (χ0n) is 29.1. The second-order valence-corrected chi connectivity index (χ2v) is 14.5. The summed E-state index contributed by atoms with van der Waals surface area (Å²) in [4.78, 5) is 30.3. The van der Waals surface area contributed by atoms with E-state index in [-0.39, 0.29) is 35.2 Å². The SMILES string of the molecule is COc1cccc(CN(C(=O)CN(c2cc(OC)ccc2OC)S(=O)(=O)c2ccc(C)cc2)C(Cc2ccccc2)C(=O)NC(C)(C)C)c1. The maximum Gasteiger partial charge on any atom is 0.264 e. The summed E-state index contributed by atoms with van der Waals surface area (Å²) in [5.41, 5.74) is 1.90. The number of nitrogens with zero attached hydrogens (tertiary/aromatic N) is 2. The smallest absolute Gasteiger partial charge is 0.264 e. The normalized spacial score (nSPS) is 12.1. The topological polar surface area (TPSA) is 114 Å². The minimum absolute atomic E-state index is 0.00123. The molecular formula is C38H45N3O7S. The van der Waals surface area contributed by atoms with Gasteiger partial charge >= 0.3 is 0 Å². The van der Waals surface area contributed by atoms with Crippen LogP contribution in [0, 0.1) is 6.92 Å². The number of rotatable bonds is 14. The lowest BCUT2D eigenvalue weighted by molar-refractivity contribution is -0.140. The van der Waals surface area contributed by atoms with E-state index in [9.17, 15) is 18.0 Å². The summed E-state index contributed by atoms with van der Waals surface area (Å²) < 4.78 is 46.4. The van der Waals surface area contributed by atoms with Gasteiger partial charge in [0.1, 0.15) is 29.8 Å². The van der Waals surface area contributed by atoms with Crippen LogP contribution in [0.3, 0.4) is 0 Å². The minimum Gasteiger partial charge on any atom is -0.497 e. The van der Waals surface area contributed by atoms with E-state index in [4.69, 9.17) is 14.2 Å². The van der Waals surface area contributed by atoms with Gasteiger partial charge in [0, 0.05) is 24.6 Å². The molecular weight excluding hydrogens is 642 g/mol. The third-order valence-corrected chi connectivity index (χ3v) is 9.57. The van der Waals surface area contributed by atoms with Crippen molar-refractivity contribution in [2.45, 2.75) is 57.1 Å². The third-order valence-electron chi connectivity index (χ3n) is 7.80. The summed E-state index contributed by atoms with van der Waals surface area (Å²) >= 11 is 0. The van der Waals surface area contributed by atoms with Gasteiger partial charge in [-0.05, 0) is 75.2 Å². The molecule has 11 heteroatoms. The first-order valence-electron chi connectivity index (χ1n) is 15.9. The Morgan fingerprint density at radius 1 is 0.776 bits per heavy atom. The average Bonchev–Trinajstić information content (AvgIpc) is 3.08. The fourth-order valence-corrected chi connectivity index (χ4v) is 6.73. The Hall–Kier alpha value is -5.03. The van der Waals surface area contributed by atoms with Crippen LogP contribution in [0.15, 0.2) is 102 Å². The van der Waals surface area contributed by atoms with E-state index >= 15 is 0 Å². The molecule has 0 aliphatic rings. The fraction of sp³-hybridized carbons (Fsp3) is 0.316. The molecule has 260 valence electrons. The Morgan fingerprint density at radius 2 is 1.41 bits per heavy atom. The van der Waals surface area contributed by atoms with Gasteiger partial charge in [-0.1, -0.05) is 60.2 Å². The molecule has 0 fully saturated rings. The number of aryl methyl sites for hydroxylation is 1. The van der Waals surface area contributed by atoms with Crippen molar-refractivity contribution in [2.75, 3.05) is 32.2 Å². The lowest BCUT2D eigenvalue weighted by atomic mass is 10.0. The van der Waals surface area contributed by atoms with Crippen molar-refractivity contribution in [3.8, 4) is 17.2 Å². The largest absolute Gasteiger partial charge is 0.497 e. The molecule has 2 amide bonds. The highest BCUT2D eigenvalue weighted by molar-refractivity contribution is 7.92. The van der Waals surface area contributed by atoms with Crippen molar-refractivity contribution >= 4 is 27.5 Å². The van der Waals surface area contributed by atoms with Crippen LogP contribution in [0.4, 0.5) is 5.69 Å². The third kappa shape index (κ3) is 9.54. The Bertz CT molecular complexity index is 1840. The summed E-state index contributed by atoms with van der Waals surface area (Å²) in [6.07, 6.45) is 0.186. The number of benzene rings is 4. The summed E-state index contributed by atoms with van der Waals surface area (Å²) in [6.45, 7) is 6.81. The molecule has 0 aromatic heterocycles. The molecule has 0 radical (unpaired) electrons. The quantitative estimate of drug-likeness (QED) is 0.179. The van der Waals surface area contributed by atoms with Gasteiger partial charge in [-0.25, -0.2) is 8.42 Å². The summed E-state index contributed by atoms with van der Waals surface area (Å²) in [6, 6.07) is 26.7. The van der Waals surface area contributed by atoms with Gasteiger partial charge in [-0.2, -0.15) is 0 Å². The molecule has 0 heterocycles. The Kier molecular flexibility index (Phi) is 12.0. The second-order valence-electron chi connectivity index (χ2n) is 12.7. The summed E-state index contributed by atoms with van der Waals surface area (Å²) in [5.74, 6) is 0.184. The van der Waals surface area contributed by atoms with Crippen LogP contribution >= 0.6 is 0 Å². The van der Waals surface area contributed by atoms with E-state index in [1.54, 1.807) is 49.6 Å². The van der Waals surface area contributed by atoms with Crippen molar-refractivity contribution in [3.05, 3.63) is 114 Å². The first kappa shape index (κ1) is 36.8. The lowest BCUT2D eigenvalue weighted by Crippen LogP contribution is -2.56. The highest BCUT2D eigenvalue weighted by atomic mass is 32.2. The standard InChI is InChI=1S/C38H45N3O7S/c1-27-16-19-32(20-17-27)49(44,45)41(33-24-31(47-6)18-21-35(33)48-7)26-36(42)40(25-29-14-11-15-30(22-29)46-5)34(37(43)39-38(2,3)4)23-28-12-9-8-10-13-28/h8-22,24,34H,23,25-26H2,1-7H3,(H,39,43). The lowest BCUT2D eigenvalue weighted by Gasteiger charge is -2.35. The number of methoxy groups -OCH3 is 3. The van der Waals surface area contributed by atoms with Gasteiger partial charge in [-0.15, -0.1) is 0 Å². The van der Waals surface area contributed by atoms with Gasteiger partial charge in [0.25, 0.3) is 10.0 Å². The highest BCUT2D eigenvalue weighted by Crippen LogP contribution is 2.36. The van der Waals surface area contributed by atoms with Crippen LogP contribution in [-0.2, 0) is 32.6 Å². The van der Waals surface area contributed by atoms with E-state index in [1.807, 2.05) is 64.1 Å². The maximum absolute atomic E-state index is 14.8. The number of sulfonamides is 1. The van der Waals surface area contributed by atoms with Crippen LogP contribution in [0.1, 0.15) is 37.5 Å². The van der Waals surface area contributed by atoms with Gasteiger partial charge in [0.15, 0.2) is 0 Å². The predicted octanol–water partition coefficient (Wildman–Crippen LogP) is 5.77. The van der Waals surface area contributed by atoms with Crippen LogP contribution in [0.2, 0.25) is 0 Å². The van der Waals surface area contributed by atoms with Crippen molar-refractivity contribution in [2.24, 2.45) is 0 Å². The number of ether oxygens (including phenoxy) is 3. The summed E-state index contributed by atoms with van der Waals surface area (Å²) in [7, 11) is 0.0915. The number of hydrogen-bond donors (Lipinski definition) is 1. The monoisotopic (exact) mass is 687 g/mol. The summed E-state index contributed by atoms with van der Waals surface area (Å²) in [5, 5.41) is 3.04. The molecule has 0 saturated heterocycles. The molecule has 0 spiro atoms. The molecule has 4 rings (SSSR count). The number of hydrogen-bond acceptors (Lipinski definition) is 7. The maximum atomic E-state index is 14.8. The first-order chi connectivity index (χ1) is 23.2. The van der Waals surface area contributed by atoms with E-state index in [0.29, 0.717) is 17.1 Å². The van der Waals surface area contributed by atoms with Crippen molar-refractivity contribution in [3.63, 3.8) is 0 Å². The molecule has 0 saturated carbocycles. The van der Waals surface area contributed by atoms with E-state index in [2.05, 4.69) is 5.32 Å². The number of nitrogens with one attached hydrogen (secondary N) is 1. The van der Waals surface area contributed by atoms with Crippen LogP contribution in [0.25, 0.3) is 0 Å². The number of amides is 2. The molecule has 49 heavy (non-hydrogen) atoms. The van der Waals surface area contributed by atoms with Gasteiger partial charge in [0.05, 0.1) is 31.9 Å². The fourth-order valence-electron chi connectivity index (χ4n) is 5.32. The minimum atomic E-state index is -4.34. The molecule has 1 unspecified atom stereocenters. The zero-order valence-corrected chi connectivity index (χ0v) is 29.9. The van der Waals surface area contributed by atoms with Crippen LogP contribution in [-0.4, -0.2) is 64.6 Å². The highest BCUT2D eigenvalue weighted by Gasteiger charge is 2.36. The Labute approximate surface area is 289 Å². The van der Waals surface area contributed by atoms with E-state index < -0.39 is 34.1 Å². The molecule has 0 aliphatic carbocycles. The molecule has 4 aromatic rings. The molecule has 1 N–H and O–H groups in total. The molecule has 4 aromatic carbocycles. The van der Waals surface area contributed by atoms with Crippen LogP contribution < -0.4 is 23.8 Å². The molecule has 10 nitrogen and oxygen atoms in total. The van der Waals surface area contributed by atoms with Gasteiger partial charge < -0.3 is 24.4 Å². The van der Waals surface area contributed by atoms with Gasteiger partial charge in [-0.3, -0.25) is 13.9 Å². The molecule has 0 aliphatic heterocycles. The number of carbonyl (C=O) groups is 2. The Morgan fingerprint density at radius 3 is 2.02 bits per heavy atom. The first-order valence-corrected chi connectivity index (χ1v) is 17.3. The number of carbonyl (C=O) groups excluding carboxylic acids is 2. The van der Waals surface area contributed by atoms with Crippen molar-refractivity contribution < 1.29 is 32.2 Å². The van der Waals surface area contributed by atoms with Crippen molar-refractivity contribution in [1.82, 2.24) is 10.2 Å². The van der Waals surface area contributed by atoms with Crippen LogP contribution in [0.5, 0.6) is 17.2 Å². The Balaban J connectivity index is 1.89. The molecule has 1 atom stereocenters. The number of anilines is 1.